The van der Waals surface area contributed by atoms with E-state index in [0.717, 1.165) is 12.8 Å². The average Bonchev–Trinajstić information content (AvgIpc) is 3.47. The topological polar surface area (TPSA) is 146 Å². The molecule has 3 aromatic rings. The van der Waals surface area contributed by atoms with Crippen LogP contribution in [0.2, 0.25) is 0 Å². The van der Waals surface area contributed by atoms with Crippen molar-refractivity contribution >= 4 is 32.6 Å². The molecule has 2 aromatic carbocycles. The molecule has 1 fully saturated rings. The fourth-order valence-corrected chi connectivity index (χ4v) is 5.20. The molecule has 32 heavy (non-hydrogen) atoms. The molecule has 0 amide bonds. The normalized spacial score (nSPS) is 15.5. The van der Waals surface area contributed by atoms with E-state index in [4.69, 9.17) is 14.5 Å². The molecule has 1 aliphatic rings. The van der Waals surface area contributed by atoms with Crippen molar-refractivity contribution < 1.29 is 27.6 Å². The molecular formula is C21H20N4O6S. The molecule has 4 rings (SSSR count). The Balaban J connectivity index is 1.72. The van der Waals surface area contributed by atoms with Crippen molar-refractivity contribution in [1.82, 2.24) is 9.46 Å². The summed E-state index contributed by atoms with van der Waals surface area (Å²) in [5, 5.41) is 25.9. The van der Waals surface area contributed by atoms with Gasteiger partial charge in [-0.3, -0.25) is 0 Å². The lowest BCUT2D eigenvalue weighted by atomic mass is 10.1. The third-order valence-electron chi connectivity index (χ3n) is 5.32. The predicted octanol–water partition coefficient (Wildman–Crippen LogP) is 2.94. The number of ether oxygens (including phenoxy) is 1. The van der Waals surface area contributed by atoms with Crippen LogP contribution < -0.4 is 5.32 Å². The Morgan fingerprint density at radius 1 is 1.28 bits per heavy atom. The highest BCUT2D eigenvalue weighted by molar-refractivity contribution is 7.89. The fraction of sp³-hybridized carbons (Fsp3) is 0.286. The van der Waals surface area contributed by atoms with E-state index >= 15 is 0 Å². The fourth-order valence-electron chi connectivity index (χ4n) is 3.66. The number of fused-ring (bicyclic) bond motifs is 1. The summed E-state index contributed by atoms with van der Waals surface area (Å²) in [6.45, 7) is 0.964. The number of rotatable bonds is 7. The number of sulfonamides is 1. The van der Waals surface area contributed by atoms with Crippen LogP contribution in [0.4, 0.5) is 5.69 Å². The maximum absolute atomic E-state index is 13.0. The van der Waals surface area contributed by atoms with Crippen molar-refractivity contribution in [2.75, 3.05) is 25.5 Å². The largest absolute Gasteiger partial charge is 0.478 e. The van der Waals surface area contributed by atoms with Crippen LogP contribution in [0.1, 0.15) is 40.7 Å². The van der Waals surface area contributed by atoms with Gasteiger partial charge in [0.15, 0.2) is 11.8 Å². The van der Waals surface area contributed by atoms with Crippen molar-refractivity contribution in [2.45, 2.75) is 24.0 Å². The van der Waals surface area contributed by atoms with Gasteiger partial charge in [-0.15, -0.1) is 0 Å². The number of anilines is 1. The van der Waals surface area contributed by atoms with Gasteiger partial charge in [0, 0.05) is 20.2 Å². The Bertz CT molecular complexity index is 1320. The van der Waals surface area contributed by atoms with Gasteiger partial charge in [-0.1, -0.05) is 5.16 Å². The van der Waals surface area contributed by atoms with Gasteiger partial charge < -0.3 is 19.7 Å². The van der Waals surface area contributed by atoms with Gasteiger partial charge in [-0.05, 0) is 49.2 Å². The molecule has 10 nitrogen and oxygen atoms in total. The lowest BCUT2D eigenvalue weighted by Gasteiger charge is -2.18. The Morgan fingerprint density at radius 3 is 2.69 bits per heavy atom. The number of carboxylic acids is 1. The molecule has 0 radical (unpaired) electrons. The molecular weight excluding hydrogens is 436 g/mol. The summed E-state index contributed by atoms with van der Waals surface area (Å²) in [7, 11) is -2.25. The number of carboxylic acid groups (broad SMARTS) is 1. The van der Waals surface area contributed by atoms with Crippen LogP contribution in [0.15, 0.2) is 45.8 Å². The predicted molar refractivity (Wildman–Crippen MR) is 113 cm³/mol. The zero-order valence-corrected chi connectivity index (χ0v) is 17.9. The van der Waals surface area contributed by atoms with Crippen molar-refractivity contribution in [3.63, 3.8) is 0 Å². The monoisotopic (exact) mass is 456 g/mol. The Labute approximate surface area is 184 Å². The second-order valence-electron chi connectivity index (χ2n) is 7.27. The summed E-state index contributed by atoms with van der Waals surface area (Å²) in [4.78, 5) is 11.8. The summed E-state index contributed by atoms with van der Waals surface area (Å²) >= 11 is 0. The molecule has 166 valence electrons. The molecule has 2 N–H and O–H groups in total. The first kappa shape index (κ1) is 21.8. The molecule has 2 heterocycles. The standard InChI is InChI=1S/C21H20N4O6S/c1-30-20(23-17-6-4-13(12-22)10-15(17)21(26)27)19-16-11-14(5-7-18(16)31-24-19)32(28,29)25-8-2-3-9-25/h4-7,10-11,20,23H,2-3,8-9H2,1H3,(H,26,27). The molecule has 0 saturated carbocycles. The SMILES string of the molecule is COC(Nc1ccc(C#N)cc1C(=O)O)c1noc2ccc(S(=O)(=O)N3CCCC3)cc12. The van der Waals surface area contributed by atoms with Crippen LogP contribution in [0.25, 0.3) is 11.0 Å². The summed E-state index contributed by atoms with van der Waals surface area (Å²) in [6.07, 6.45) is 0.713. The zero-order chi connectivity index (χ0) is 22.9. The number of nitrogens with zero attached hydrogens (tertiary/aromatic N) is 3. The number of carbonyl (C=O) groups is 1. The number of hydrogen-bond acceptors (Lipinski definition) is 8. The molecule has 0 spiro atoms. The van der Waals surface area contributed by atoms with E-state index < -0.39 is 22.2 Å². The van der Waals surface area contributed by atoms with E-state index in [1.54, 1.807) is 0 Å². The molecule has 1 aromatic heterocycles. The van der Waals surface area contributed by atoms with Gasteiger partial charge in [0.25, 0.3) is 0 Å². The highest BCUT2D eigenvalue weighted by atomic mass is 32.2. The van der Waals surface area contributed by atoms with E-state index in [-0.39, 0.29) is 27.4 Å². The minimum atomic E-state index is -3.65. The Hall–Kier alpha value is -3.46. The van der Waals surface area contributed by atoms with E-state index in [9.17, 15) is 18.3 Å². The minimum absolute atomic E-state index is 0.115. The van der Waals surface area contributed by atoms with Crippen LogP contribution in [0.3, 0.4) is 0 Å². The molecule has 0 bridgehead atoms. The first-order valence-corrected chi connectivity index (χ1v) is 11.3. The molecule has 1 aliphatic heterocycles. The molecule has 0 aliphatic carbocycles. The van der Waals surface area contributed by atoms with Gasteiger partial charge >= 0.3 is 5.97 Å². The zero-order valence-electron chi connectivity index (χ0n) is 17.1. The van der Waals surface area contributed by atoms with Gasteiger partial charge in [0.05, 0.1) is 33.2 Å². The van der Waals surface area contributed by atoms with Gasteiger partial charge in [0.2, 0.25) is 10.0 Å². The second kappa shape index (κ2) is 8.58. The van der Waals surface area contributed by atoms with E-state index in [2.05, 4.69) is 10.5 Å². The van der Waals surface area contributed by atoms with Gasteiger partial charge in [-0.25, -0.2) is 13.2 Å². The number of nitrogens with one attached hydrogen (secondary N) is 1. The lowest BCUT2D eigenvalue weighted by molar-refractivity contribution is 0.0697. The average molecular weight is 456 g/mol. The molecule has 11 heteroatoms. The van der Waals surface area contributed by atoms with E-state index in [1.165, 1.54) is 47.8 Å². The number of hydrogen-bond donors (Lipinski definition) is 2. The highest BCUT2D eigenvalue weighted by Crippen LogP contribution is 2.31. The van der Waals surface area contributed by atoms with Crippen LogP contribution >= 0.6 is 0 Å². The molecule has 1 unspecified atom stereocenters. The third kappa shape index (κ3) is 3.91. The quantitative estimate of drug-likeness (QED) is 0.512. The number of aromatic nitrogens is 1. The summed E-state index contributed by atoms with van der Waals surface area (Å²) < 4.78 is 38.2. The number of aromatic carboxylic acids is 1. The van der Waals surface area contributed by atoms with Crippen molar-refractivity contribution in [3.05, 3.63) is 53.2 Å². The van der Waals surface area contributed by atoms with Gasteiger partial charge in [0.1, 0.15) is 5.69 Å². The van der Waals surface area contributed by atoms with Crippen LogP contribution in [0, 0.1) is 11.3 Å². The number of benzene rings is 2. The minimum Gasteiger partial charge on any atom is -0.478 e. The number of methoxy groups -OCH3 is 1. The van der Waals surface area contributed by atoms with Crippen molar-refractivity contribution in [3.8, 4) is 6.07 Å². The third-order valence-corrected chi connectivity index (χ3v) is 7.22. The summed E-state index contributed by atoms with van der Waals surface area (Å²) in [5.41, 5.74) is 0.922. The molecule has 1 atom stereocenters. The Kier molecular flexibility index (Phi) is 5.84. The maximum Gasteiger partial charge on any atom is 0.337 e. The molecule has 1 saturated heterocycles. The van der Waals surface area contributed by atoms with Crippen molar-refractivity contribution in [1.29, 1.82) is 5.26 Å². The smallest absolute Gasteiger partial charge is 0.337 e. The lowest BCUT2D eigenvalue weighted by Crippen LogP contribution is -2.27. The first-order valence-electron chi connectivity index (χ1n) is 9.81. The van der Waals surface area contributed by atoms with E-state index in [1.807, 2.05) is 6.07 Å². The van der Waals surface area contributed by atoms with E-state index in [0.29, 0.717) is 24.1 Å². The second-order valence-corrected chi connectivity index (χ2v) is 9.21. The van der Waals surface area contributed by atoms with Crippen molar-refractivity contribution in [2.24, 2.45) is 0 Å². The van der Waals surface area contributed by atoms with Gasteiger partial charge in [-0.2, -0.15) is 9.57 Å². The van der Waals surface area contributed by atoms with Crippen LogP contribution in [-0.4, -0.2) is 49.2 Å². The first-order chi connectivity index (χ1) is 15.3. The maximum atomic E-state index is 13.0. The summed E-state index contributed by atoms with van der Waals surface area (Å²) in [6, 6.07) is 10.6. The van der Waals surface area contributed by atoms with Crippen LogP contribution in [0.5, 0.6) is 0 Å². The summed E-state index contributed by atoms with van der Waals surface area (Å²) in [5.74, 6) is -1.22. The Morgan fingerprint density at radius 2 is 2.03 bits per heavy atom. The van der Waals surface area contributed by atoms with Crippen LogP contribution in [-0.2, 0) is 14.8 Å². The number of nitriles is 1. The highest BCUT2D eigenvalue weighted by Gasteiger charge is 2.29.